The molecule has 4 aliphatic rings. The van der Waals surface area contributed by atoms with E-state index in [9.17, 15) is 4.79 Å². The van der Waals surface area contributed by atoms with Crippen molar-refractivity contribution >= 4 is 5.91 Å². The van der Waals surface area contributed by atoms with Crippen LogP contribution in [-0.2, 0) is 0 Å². The SMILES string of the molecule is O=C(c1ccccn1)N1C2CC1CC1(CC1)C2. The van der Waals surface area contributed by atoms with E-state index in [1.54, 1.807) is 6.20 Å². The second-order valence-electron chi connectivity index (χ2n) is 5.88. The van der Waals surface area contributed by atoms with Gasteiger partial charge in [-0.2, -0.15) is 0 Å². The van der Waals surface area contributed by atoms with Crippen molar-refractivity contribution in [1.82, 2.24) is 9.88 Å². The van der Waals surface area contributed by atoms with E-state index in [4.69, 9.17) is 0 Å². The third kappa shape index (κ3) is 1.34. The Balaban J connectivity index is 1.56. The smallest absolute Gasteiger partial charge is 0.272 e. The van der Waals surface area contributed by atoms with Crippen molar-refractivity contribution in [3.05, 3.63) is 30.1 Å². The summed E-state index contributed by atoms with van der Waals surface area (Å²) in [7, 11) is 0. The molecule has 5 rings (SSSR count). The van der Waals surface area contributed by atoms with Gasteiger partial charge in [-0.15, -0.1) is 0 Å². The van der Waals surface area contributed by atoms with Crippen LogP contribution in [0.25, 0.3) is 0 Å². The number of amides is 1. The quantitative estimate of drug-likeness (QED) is 0.738. The number of aromatic nitrogens is 1. The van der Waals surface area contributed by atoms with Gasteiger partial charge >= 0.3 is 0 Å². The van der Waals surface area contributed by atoms with Crippen LogP contribution in [0.15, 0.2) is 24.4 Å². The zero-order valence-corrected chi connectivity index (χ0v) is 9.80. The highest BCUT2D eigenvalue weighted by Gasteiger charge is 2.58. The Labute approximate surface area is 101 Å². The monoisotopic (exact) mass is 228 g/mol. The van der Waals surface area contributed by atoms with Gasteiger partial charge in [0.15, 0.2) is 0 Å². The second-order valence-corrected chi connectivity index (χ2v) is 5.88. The minimum atomic E-state index is 0.141. The van der Waals surface area contributed by atoms with Gasteiger partial charge in [0.25, 0.3) is 5.91 Å². The standard InChI is InChI=1S/C14H16N2O/c17-13(12-3-1-2-6-15-12)16-10-7-11(16)9-14(8-10)4-5-14/h1-3,6,10-11H,4-5,7-9H2. The minimum Gasteiger partial charge on any atom is -0.331 e. The molecule has 17 heavy (non-hydrogen) atoms. The number of hydrogen-bond donors (Lipinski definition) is 0. The average Bonchev–Trinajstić information content (AvgIpc) is 3.08. The number of carbonyl (C=O) groups excluding carboxylic acids is 1. The lowest BCUT2D eigenvalue weighted by Gasteiger charge is -2.55. The largest absolute Gasteiger partial charge is 0.331 e. The first-order chi connectivity index (χ1) is 8.27. The molecule has 1 spiro atoms. The van der Waals surface area contributed by atoms with E-state index in [1.165, 1.54) is 32.1 Å². The second kappa shape index (κ2) is 3.09. The summed E-state index contributed by atoms with van der Waals surface area (Å²) in [4.78, 5) is 18.6. The van der Waals surface area contributed by atoms with E-state index in [0.717, 1.165) is 0 Å². The molecule has 3 heteroatoms. The summed E-state index contributed by atoms with van der Waals surface area (Å²) in [6.45, 7) is 0. The topological polar surface area (TPSA) is 33.2 Å². The Morgan fingerprint density at radius 3 is 2.65 bits per heavy atom. The number of hydrogen-bond acceptors (Lipinski definition) is 2. The van der Waals surface area contributed by atoms with Crippen molar-refractivity contribution in [2.45, 2.75) is 44.2 Å². The Kier molecular flexibility index (Phi) is 1.75. The Bertz CT molecular complexity index is 452. The number of piperidine rings is 1. The fraction of sp³-hybridized carbons (Fsp3) is 0.571. The summed E-state index contributed by atoms with van der Waals surface area (Å²) >= 11 is 0. The van der Waals surface area contributed by atoms with Gasteiger partial charge in [-0.25, -0.2) is 0 Å². The van der Waals surface area contributed by atoms with Crippen LogP contribution in [0.1, 0.15) is 42.6 Å². The molecular weight excluding hydrogens is 212 g/mol. The normalized spacial score (nSPS) is 32.1. The van der Waals surface area contributed by atoms with E-state index >= 15 is 0 Å². The average molecular weight is 228 g/mol. The van der Waals surface area contributed by atoms with Gasteiger partial charge in [0, 0.05) is 18.3 Å². The molecule has 2 atom stereocenters. The molecule has 1 amide bonds. The summed E-state index contributed by atoms with van der Waals surface area (Å²) < 4.78 is 0. The highest BCUT2D eigenvalue weighted by atomic mass is 16.2. The fourth-order valence-electron chi connectivity index (χ4n) is 3.69. The molecule has 2 aliphatic carbocycles. The molecule has 2 bridgehead atoms. The minimum absolute atomic E-state index is 0.141. The molecule has 2 saturated heterocycles. The van der Waals surface area contributed by atoms with Crippen LogP contribution in [-0.4, -0.2) is 27.9 Å². The Morgan fingerprint density at radius 2 is 2.06 bits per heavy atom. The van der Waals surface area contributed by atoms with Gasteiger partial charge in [0.05, 0.1) is 0 Å². The number of nitrogens with zero attached hydrogens (tertiary/aromatic N) is 2. The maximum absolute atomic E-state index is 12.3. The Hall–Kier alpha value is -1.38. The van der Waals surface area contributed by atoms with Crippen LogP contribution in [0.2, 0.25) is 0 Å². The van der Waals surface area contributed by atoms with E-state index in [-0.39, 0.29) is 5.91 Å². The zero-order valence-electron chi connectivity index (χ0n) is 9.80. The van der Waals surface area contributed by atoms with Gasteiger partial charge in [0.1, 0.15) is 5.69 Å². The maximum Gasteiger partial charge on any atom is 0.272 e. The molecule has 88 valence electrons. The molecule has 3 heterocycles. The molecule has 0 radical (unpaired) electrons. The molecule has 2 unspecified atom stereocenters. The number of carbonyl (C=O) groups is 1. The van der Waals surface area contributed by atoms with Crippen LogP contribution in [0.5, 0.6) is 0 Å². The van der Waals surface area contributed by atoms with E-state index < -0.39 is 0 Å². The van der Waals surface area contributed by atoms with E-state index in [0.29, 0.717) is 23.2 Å². The third-order valence-electron chi connectivity index (χ3n) is 4.74. The van der Waals surface area contributed by atoms with Gasteiger partial charge in [0.2, 0.25) is 0 Å². The lowest BCUT2D eigenvalue weighted by molar-refractivity contribution is -0.0379. The molecule has 0 aromatic carbocycles. The lowest BCUT2D eigenvalue weighted by atomic mass is 9.71. The summed E-state index contributed by atoms with van der Waals surface area (Å²) in [6.07, 6.45) is 8.19. The van der Waals surface area contributed by atoms with Gasteiger partial charge in [-0.3, -0.25) is 9.78 Å². The predicted octanol–water partition coefficient (Wildman–Crippen LogP) is 2.24. The predicted molar refractivity (Wildman–Crippen MR) is 63.5 cm³/mol. The molecule has 4 fully saturated rings. The van der Waals surface area contributed by atoms with Crippen molar-refractivity contribution in [3.63, 3.8) is 0 Å². The number of pyridine rings is 1. The first-order valence-corrected chi connectivity index (χ1v) is 6.51. The maximum atomic E-state index is 12.3. The summed E-state index contributed by atoms with van der Waals surface area (Å²) in [5.74, 6) is 0.141. The van der Waals surface area contributed by atoms with Crippen molar-refractivity contribution < 1.29 is 4.79 Å². The molecule has 1 aromatic rings. The van der Waals surface area contributed by atoms with Crippen LogP contribution < -0.4 is 0 Å². The Morgan fingerprint density at radius 1 is 1.29 bits per heavy atom. The molecule has 0 N–H and O–H groups in total. The molecule has 3 nitrogen and oxygen atoms in total. The molecule has 2 saturated carbocycles. The highest BCUT2D eigenvalue weighted by Crippen LogP contribution is 2.61. The molecule has 2 aliphatic heterocycles. The first kappa shape index (κ1) is 9.63. The molecule has 1 aromatic heterocycles. The third-order valence-corrected chi connectivity index (χ3v) is 4.74. The first-order valence-electron chi connectivity index (χ1n) is 6.51. The lowest BCUT2D eigenvalue weighted by Crippen LogP contribution is -2.63. The summed E-state index contributed by atoms with van der Waals surface area (Å²) in [5.41, 5.74) is 1.25. The zero-order chi connectivity index (χ0) is 11.5. The number of rotatable bonds is 1. The van der Waals surface area contributed by atoms with E-state index in [2.05, 4.69) is 9.88 Å². The summed E-state index contributed by atoms with van der Waals surface area (Å²) in [5, 5.41) is 0. The molecular formula is C14H16N2O. The van der Waals surface area contributed by atoms with Crippen LogP contribution >= 0.6 is 0 Å². The fourth-order valence-corrected chi connectivity index (χ4v) is 3.69. The van der Waals surface area contributed by atoms with Crippen LogP contribution in [0.4, 0.5) is 0 Å². The van der Waals surface area contributed by atoms with Crippen molar-refractivity contribution in [1.29, 1.82) is 0 Å². The van der Waals surface area contributed by atoms with Crippen molar-refractivity contribution in [2.24, 2.45) is 5.41 Å². The summed E-state index contributed by atoms with van der Waals surface area (Å²) in [6, 6.07) is 6.57. The van der Waals surface area contributed by atoms with Crippen molar-refractivity contribution in [2.75, 3.05) is 0 Å². The van der Waals surface area contributed by atoms with Crippen LogP contribution in [0, 0.1) is 5.41 Å². The van der Waals surface area contributed by atoms with Gasteiger partial charge < -0.3 is 4.90 Å². The highest BCUT2D eigenvalue weighted by molar-refractivity contribution is 5.93. The van der Waals surface area contributed by atoms with Crippen molar-refractivity contribution in [3.8, 4) is 0 Å². The van der Waals surface area contributed by atoms with Gasteiger partial charge in [-0.1, -0.05) is 6.07 Å². The van der Waals surface area contributed by atoms with Crippen LogP contribution in [0.3, 0.4) is 0 Å². The van der Waals surface area contributed by atoms with E-state index in [1.807, 2.05) is 18.2 Å². The van der Waals surface area contributed by atoms with Gasteiger partial charge in [-0.05, 0) is 49.7 Å².